The lowest BCUT2D eigenvalue weighted by atomic mass is 9.70. The number of carbonyl (C=O) groups excluding carboxylic acids is 1. The van der Waals surface area contributed by atoms with Gasteiger partial charge in [-0.05, 0) is 12.1 Å². The number of allylic oxidation sites excluding steroid dienone is 1. The van der Waals surface area contributed by atoms with Gasteiger partial charge in [0.05, 0.1) is 5.56 Å². The Kier molecular flexibility index (Phi) is 5.40. The van der Waals surface area contributed by atoms with Crippen molar-refractivity contribution in [2.45, 2.75) is 41.5 Å². The van der Waals surface area contributed by atoms with Crippen molar-refractivity contribution in [3.8, 4) is 0 Å². The van der Waals surface area contributed by atoms with Crippen LogP contribution in [0.25, 0.3) is 5.76 Å². The average molecular weight is 496 g/mol. The molecule has 0 atom stereocenters. The fourth-order valence-electron chi connectivity index (χ4n) is 2.67. The Bertz CT molecular complexity index is 912. The van der Waals surface area contributed by atoms with Crippen LogP contribution in [0.5, 0.6) is 0 Å². The fourth-order valence-corrected chi connectivity index (χ4v) is 2.67. The van der Waals surface area contributed by atoms with E-state index in [1.54, 1.807) is 0 Å². The minimum Gasteiger partial charge on any atom is -0.507 e. The molecule has 0 heterocycles. The number of rotatable bonds is 3. The highest BCUT2D eigenvalue weighted by molar-refractivity contribution is 6.03. The summed E-state index contributed by atoms with van der Waals surface area (Å²) in [6, 6.07) is 0.923. The third-order valence-electron chi connectivity index (χ3n) is 4.56. The van der Waals surface area contributed by atoms with E-state index in [2.05, 4.69) is 0 Å². The van der Waals surface area contributed by atoms with Crippen LogP contribution in [-0.2, 0) is 11.0 Å². The Balaban J connectivity index is 2.64. The first kappa shape index (κ1) is 25.7. The Morgan fingerprint density at radius 1 is 0.688 bits per heavy atom. The van der Waals surface area contributed by atoms with Crippen LogP contribution in [0.15, 0.2) is 30.3 Å². The molecule has 0 spiro atoms. The van der Waals surface area contributed by atoms with Gasteiger partial charge in [0, 0.05) is 11.6 Å². The molecular formula is C16H6F14O2. The van der Waals surface area contributed by atoms with E-state index < -0.39 is 70.2 Å². The molecule has 1 aromatic rings. The van der Waals surface area contributed by atoms with Crippen LogP contribution >= 0.6 is 0 Å². The highest BCUT2D eigenvalue weighted by atomic mass is 19.4. The smallest absolute Gasteiger partial charge is 0.416 e. The molecule has 0 aromatic heterocycles. The topological polar surface area (TPSA) is 37.3 Å². The summed E-state index contributed by atoms with van der Waals surface area (Å²) >= 11 is 0. The van der Waals surface area contributed by atoms with Gasteiger partial charge in [-0.25, -0.2) is 4.39 Å². The molecule has 0 saturated heterocycles. The Morgan fingerprint density at radius 2 is 1.03 bits per heavy atom. The maximum Gasteiger partial charge on any atom is 0.416 e. The number of carbonyl (C=O) groups is 1. The van der Waals surface area contributed by atoms with Gasteiger partial charge in [0.25, 0.3) is 0 Å². The van der Waals surface area contributed by atoms with E-state index in [-0.39, 0.29) is 24.3 Å². The van der Waals surface area contributed by atoms with Crippen molar-refractivity contribution in [1.82, 2.24) is 0 Å². The van der Waals surface area contributed by atoms with Crippen molar-refractivity contribution < 1.29 is 71.4 Å². The summed E-state index contributed by atoms with van der Waals surface area (Å²) in [6.07, 6.45) is -5.99. The molecular weight excluding hydrogens is 490 g/mol. The number of hydrogen-bond donors (Lipinski definition) is 1. The zero-order chi connectivity index (χ0) is 25.3. The largest absolute Gasteiger partial charge is 0.507 e. The minimum absolute atomic E-state index is 0.182. The van der Waals surface area contributed by atoms with Crippen LogP contribution in [0.4, 0.5) is 61.5 Å². The van der Waals surface area contributed by atoms with Crippen molar-refractivity contribution in [1.29, 1.82) is 0 Å². The predicted octanol–water partition coefficient (Wildman–Crippen LogP) is 6.07. The number of ketones is 1. The molecule has 1 fully saturated rings. The highest BCUT2D eigenvalue weighted by Crippen LogP contribution is 2.69. The lowest BCUT2D eigenvalue weighted by molar-refractivity contribution is -0.475. The van der Waals surface area contributed by atoms with Gasteiger partial charge in [0.1, 0.15) is 5.76 Å². The molecule has 1 aliphatic rings. The number of aliphatic hydroxyl groups excluding tert-OH is 1. The first-order valence-corrected chi connectivity index (χ1v) is 7.72. The molecule has 1 aromatic carbocycles. The number of halogens is 14. The monoisotopic (exact) mass is 496 g/mol. The summed E-state index contributed by atoms with van der Waals surface area (Å²) in [6.45, 7) is 0. The summed E-state index contributed by atoms with van der Waals surface area (Å²) < 4.78 is 187. The number of hydrogen-bond acceptors (Lipinski definition) is 2. The summed E-state index contributed by atoms with van der Waals surface area (Å²) in [7, 11) is 0. The molecule has 0 amide bonds. The molecule has 1 aliphatic carbocycles. The Morgan fingerprint density at radius 3 is 1.38 bits per heavy atom. The van der Waals surface area contributed by atoms with Crippen molar-refractivity contribution in [3.05, 3.63) is 41.5 Å². The average Bonchev–Trinajstić information content (AvgIpc) is 2.64. The molecule has 2 rings (SSSR count). The molecule has 0 aliphatic heterocycles. The van der Waals surface area contributed by atoms with Crippen LogP contribution in [0.1, 0.15) is 11.1 Å². The van der Waals surface area contributed by atoms with Crippen LogP contribution in [0, 0.1) is 0 Å². The second-order valence-electron chi connectivity index (χ2n) is 6.50. The summed E-state index contributed by atoms with van der Waals surface area (Å²) in [5.41, 5.74) is -9.40. The van der Waals surface area contributed by atoms with Crippen LogP contribution in [-0.4, -0.2) is 46.2 Å². The normalized spacial score (nSPS) is 25.2. The van der Waals surface area contributed by atoms with E-state index in [0.717, 1.165) is 0 Å². The maximum atomic E-state index is 14.5. The first-order valence-electron chi connectivity index (χ1n) is 7.72. The van der Waals surface area contributed by atoms with Gasteiger partial charge < -0.3 is 5.11 Å². The predicted molar refractivity (Wildman–Crippen MR) is 75.6 cm³/mol. The Hall–Kier alpha value is -2.55. The zero-order valence-electron chi connectivity index (χ0n) is 14.5. The number of alkyl halides is 14. The van der Waals surface area contributed by atoms with Gasteiger partial charge in [-0.2, -0.15) is 57.1 Å². The van der Waals surface area contributed by atoms with E-state index >= 15 is 0 Å². The van der Waals surface area contributed by atoms with E-state index in [0.29, 0.717) is 0 Å². The molecule has 32 heavy (non-hydrogen) atoms. The number of benzene rings is 1. The molecule has 16 heteroatoms. The van der Waals surface area contributed by atoms with Gasteiger partial charge in [0.15, 0.2) is 0 Å². The maximum absolute atomic E-state index is 14.5. The van der Waals surface area contributed by atoms with Gasteiger partial charge in [-0.1, -0.05) is 12.1 Å². The lowest BCUT2D eigenvalue weighted by Gasteiger charge is -2.51. The molecule has 0 bridgehead atoms. The van der Waals surface area contributed by atoms with Crippen LogP contribution in [0.3, 0.4) is 0 Å². The molecule has 1 saturated carbocycles. The Labute approximate surface area is 167 Å². The van der Waals surface area contributed by atoms with E-state index in [1.807, 2.05) is 0 Å². The summed E-state index contributed by atoms with van der Waals surface area (Å²) in [4.78, 5) is 11.7. The molecule has 2 nitrogen and oxygen atoms in total. The SMILES string of the molecule is O=C(/C=C(\O)c1ccc(C(F)(F)F)cc1)C1(F)C(F)(F)C(F)(F)C(F)(F)C(F)(F)C1(F)F. The van der Waals surface area contributed by atoms with E-state index in [9.17, 15) is 71.4 Å². The fraction of sp³-hybridized carbons (Fsp3) is 0.438. The second kappa shape index (κ2) is 6.73. The second-order valence-corrected chi connectivity index (χ2v) is 6.50. The molecule has 0 unspecified atom stereocenters. The van der Waals surface area contributed by atoms with Crippen molar-refractivity contribution in [2.75, 3.05) is 0 Å². The third-order valence-corrected chi connectivity index (χ3v) is 4.56. The van der Waals surface area contributed by atoms with Crippen LogP contribution in [0.2, 0.25) is 0 Å². The van der Waals surface area contributed by atoms with Gasteiger partial charge >= 0.3 is 41.5 Å². The van der Waals surface area contributed by atoms with E-state index in [1.165, 1.54) is 0 Å². The number of aliphatic hydroxyl groups is 1. The van der Waals surface area contributed by atoms with Crippen molar-refractivity contribution in [2.24, 2.45) is 0 Å². The minimum atomic E-state index is -7.53. The summed E-state index contributed by atoms with van der Waals surface area (Å²) in [5, 5.41) is 9.51. The van der Waals surface area contributed by atoms with Gasteiger partial charge in [0.2, 0.25) is 5.78 Å². The third kappa shape index (κ3) is 2.89. The van der Waals surface area contributed by atoms with E-state index in [4.69, 9.17) is 0 Å². The molecule has 1 N–H and O–H groups in total. The summed E-state index contributed by atoms with van der Waals surface area (Å²) in [5.74, 6) is -43.0. The van der Waals surface area contributed by atoms with Gasteiger partial charge in [-0.3, -0.25) is 4.79 Å². The lowest BCUT2D eigenvalue weighted by Crippen LogP contribution is -2.85. The molecule has 0 radical (unpaired) electrons. The van der Waals surface area contributed by atoms with Gasteiger partial charge in [-0.15, -0.1) is 0 Å². The van der Waals surface area contributed by atoms with Crippen molar-refractivity contribution >= 4 is 11.5 Å². The first-order chi connectivity index (χ1) is 14.0. The standard InChI is InChI=1S/C16H6F14O2/c17-10(9(32)5-8(31)6-1-3-7(4-2-6)11(18,19)20)12(21,22)14(25,26)16(29,30)15(27,28)13(10,23)24/h1-5,31H/b8-5-. The van der Waals surface area contributed by atoms with Crippen molar-refractivity contribution in [3.63, 3.8) is 0 Å². The van der Waals surface area contributed by atoms with Crippen LogP contribution < -0.4 is 0 Å². The highest BCUT2D eigenvalue weighted by Gasteiger charge is 3.02. The zero-order valence-corrected chi connectivity index (χ0v) is 14.5. The molecule has 180 valence electrons. The quantitative estimate of drug-likeness (QED) is 0.314.